The van der Waals surface area contributed by atoms with Gasteiger partial charge < -0.3 is 10.8 Å². The van der Waals surface area contributed by atoms with Crippen molar-refractivity contribution in [1.29, 1.82) is 0 Å². The van der Waals surface area contributed by atoms with Crippen LogP contribution in [0.1, 0.15) is 11.6 Å². The van der Waals surface area contributed by atoms with Gasteiger partial charge in [-0.2, -0.15) is 13.2 Å². The van der Waals surface area contributed by atoms with Gasteiger partial charge in [-0.15, -0.1) is 0 Å². The number of benzene rings is 4. The van der Waals surface area contributed by atoms with E-state index in [0.717, 1.165) is 26.9 Å². The third-order valence-corrected chi connectivity index (χ3v) is 4.60. The second-order valence-corrected chi connectivity index (χ2v) is 6.02. The Morgan fingerprint density at radius 3 is 1.96 bits per heavy atom. The Hall–Kier alpha value is -2.37. The van der Waals surface area contributed by atoms with Gasteiger partial charge in [-0.05, 0) is 37.9 Å². The van der Waals surface area contributed by atoms with Gasteiger partial charge in [0.1, 0.15) is 0 Å². The van der Waals surface area contributed by atoms with Gasteiger partial charge in [-0.1, -0.05) is 54.6 Å². The molecule has 0 aliphatic rings. The average Bonchev–Trinajstić information content (AvgIpc) is 2.57. The molecule has 4 rings (SSSR count). The van der Waals surface area contributed by atoms with E-state index in [1.165, 1.54) is 0 Å². The van der Waals surface area contributed by atoms with E-state index in [2.05, 4.69) is 0 Å². The van der Waals surface area contributed by atoms with Crippen LogP contribution in [0.3, 0.4) is 0 Å². The van der Waals surface area contributed by atoms with Crippen LogP contribution in [-0.2, 0) is 0 Å². The lowest BCUT2D eigenvalue weighted by molar-refractivity contribution is -0.210. The minimum atomic E-state index is -4.76. The minimum Gasteiger partial charge on any atom is -0.382 e. The van der Waals surface area contributed by atoms with Crippen LogP contribution in [0.4, 0.5) is 13.2 Å². The SMILES string of the molecule is N[C@@H](c1ccc2ccc3cccc4ccc1c2c34)[C@H](O)C(F)(F)F. The Labute approximate surface area is 135 Å². The van der Waals surface area contributed by atoms with Crippen molar-refractivity contribution in [2.45, 2.75) is 18.3 Å². The second-order valence-electron chi connectivity index (χ2n) is 6.02. The highest BCUT2D eigenvalue weighted by molar-refractivity contribution is 6.23. The number of hydrogen-bond donors (Lipinski definition) is 2. The number of hydrogen-bond acceptors (Lipinski definition) is 2. The Morgan fingerprint density at radius 2 is 1.33 bits per heavy atom. The van der Waals surface area contributed by atoms with Crippen LogP contribution in [-0.4, -0.2) is 17.4 Å². The maximum Gasteiger partial charge on any atom is 0.416 e. The zero-order valence-electron chi connectivity index (χ0n) is 12.5. The van der Waals surface area contributed by atoms with Gasteiger partial charge in [0.2, 0.25) is 0 Å². The standard InChI is InChI=1S/C19H14F3NO/c20-19(21,22)18(24)17(23)14-9-7-12-5-4-10-2-1-3-11-6-8-13(14)16(12)15(10)11/h1-9,17-18,24H,23H2/t17-,18-/m0/s1. The molecule has 0 fully saturated rings. The molecule has 122 valence electrons. The summed E-state index contributed by atoms with van der Waals surface area (Å²) < 4.78 is 38.6. The minimum absolute atomic E-state index is 0.297. The molecule has 2 atom stereocenters. The molecule has 0 amide bonds. The number of nitrogens with two attached hydrogens (primary N) is 1. The van der Waals surface area contributed by atoms with Gasteiger partial charge in [0.05, 0.1) is 6.04 Å². The Balaban J connectivity index is 2.04. The number of alkyl halides is 3. The summed E-state index contributed by atoms with van der Waals surface area (Å²) in [6.45, 7) is 0. The van der Waals surface area contributed by atoms with E-state index in [1.54, 1.807) is 18.2 Å². The lowest BCUT2D eigenvalue weighted by Crippen LogP contribution is -2.38. The summed E-state index contributed by atoms with van der Waals surface area (Å²) in [7, 11) is 0. The van der Waals surface area contributed by atoms with Crippen LogP contribution in [0.2, 0.25) is 0 Å². The summed E-state index contributed by atoms with van der Waals surface area (Å²) in [6.07, 6.45) is -7.36. The van der Waals surface area contributed by atoms with Crippen molar-refractivity contribution in [3.8, 4) is 0 Å². The van der Waals surface area contributed by atoms with E-state index in [-0.39, 0.29) is 0 Å². The van der Waals surface area contributed by atoms with Gasteiger partial charge in [0.15, 0.2) is 6.10 Å². The van der Waals surface area contributed by atoms with Gasteiger partial charge in [-0.3, -0.25) is 0 Å². The monoisotopic (exact) mass is 329 g/mol. The average molecular weight is 329 g/mol. The van der Waals surface area contributed by atoms with Crippen molar-refractivity contribution in [3.05, 3.63) is 60.2 Å². The molecule has 4 aromatic carbocycles. The fraction of sp³-hybridized carbons (Fsp3) is 0.158. The summed E-state index contributed by atoms with van der Waals surface area (Å²) in [5.41, 5.74) is 6.05. The van der Waals surface area contributed by atoms with Gasteiger partial charge in [0, 0.05) is 0 Å². The molecule has 0 saturated heterocycles. The lowest BCUT2D eigenvalue weighted by atomic mass is 9.89. The molecule has 4 aromatic rings. The first-order chi connectivity index (χ1) is 11.4. The molecule has 0 aliphatic carbocycles. The highest BCUT2D eigenvalue weighted by atomic mass is 19.4. The first kappa shape index (κ1) is 15.2. The summed E-state index contributed by atoms with van der Waals surface area (Å²) >= 11 is 0. The van der Waals surface area contributed by atoms with E-state index in [0.29, 0.717) is 10.9 Å². The quantitative estimate of drug-likeness (QED) is 0.532. The highest BCUT2D eigenvalue weighted by Crippen LogP contribution is 2.39. The van der Waals surface area contributed by atoms with E-state index in [9.17, 15) is 18.3 Å². The molecule has 0 unspecified atom stereocenters. The second kappa shape index (κ2) is 5.06. The molecule has 0 bridgehead atoms. The maximum absolute atomic E-state index is 12.9. The molecule has 0 heterocycles. The molecule has 3 N–H and O–H groups in total. The zero-order chi connectivity index (χ0) is 17.1. The van der Waals surface area contributed by atoms with Crippen LogP contribution >= 0.6 is 0 Å². The number of aliphatic hydroxyl groups excluding tert-OH is 1. The first-order valence-electron chi connectivity index (χ1n) is 7.55. The third-order valence-electron chi connectivity index (χ3n) is 4.60. The molecule has 24 heavy (non-hydrogen) atoms. The van der Waals surface area contributed by atoms with E-state index >= 15 is 0 Å². The van der Waals surface area contributed by atoms with Crippen LogP contribution < -0.4 is 5.73 Å². The Bertz CT molecular complexity index is 1030. The molecule has 0 spiro atoms. The summed E-state index contributed by atoms with van der Waals surface area (Å²) in [6, 6.07) is 15.3. The van der Waals surface area contributed by atoms with Crippen molar-refractivity contribution in [1.82, 2.24) is 0 Å². The molecule has 0 aliphatic heterocycles. The molecular weight excluding hydrogens is 315 g/mol. The van der Waals surface area contributed by atoms with Crippen molar-refractivity contribution >= 4 is 32.3 Å². The predicted molar refractivity (Wildman–Crippen MR) is 89.1 cm³/mol. The summed E-state index contributed by atoms with van der Waals surface area (Å²) in [5.74, 6) is 0. The predicted octanol–water partition coefficient (Wildman–Crippen LogP) is 4.51. The highest BCUT2D eigenvalue weighted by Gasteiger charge is 2.43. The van der Waals surface area contributed by atoms with Crippen LogP contribution in [0.5, 0.6) is 0 Å². The molecule has 0 radical (unpaired) electrons. The number of rotatable bonds is 2. The maximum atomic E-state index is 12.9. The Kier molecular flexibility index (Phi) is 3.20. The molecule has 5 heteroatoms. The number of aliphatic hydroxyl groups is 1. The fourth-order valence-corrected chi connectivity index (χ4v) is 3.42. The van der Waals surface area contributed by atoms with Crippen molar-refractivity contribution in [2.24, 2.45) is 5.73 Å². The molecule has 2 nitrogen and oxygen atoms in total. The van der Waals surface area contributed by atoms with Crippen molar-refractivity contribution in [3.63, 3.8) is 0 Å². The van der Waals surface area contributed by atoms with Crippen molar-refractivity contribution < 1.29 is 18.3 Å². The fourth-order valence-electron chi connectivity index (χ4n) is 3.42. The normalized spacial score (nSPS) is 15.4. The first-order valence-corrected chi connectivity index (χ1v) is 7.55. The zero-order valence-corrected chi connectivity index (χ0v) is 12.5. The van der Waals surface area contributed by atoms with E-state index in [4.69, 9.17) is 5.73 Å². The molecule has 0 aromatic heterocycles. The Morgan fingerprint density at radius 1 is 0.792 bits per heavy atom. The lowest BCUT2D eigenvalue weighted by Gasteiger charge is -2.23. The van der Waals surface area contributed by atoms with E-state index in [1.807, 2.05) is 36.4 Å². The molecular formula is C19H14F3NO. The van der Waals surface area contributed by atoms with Crippen LogP contribution in [0, 0.1) is 0 Å². The van der Waals surface area contributed by atoms with E-state index < -0.39 is 18.3 Å². The molecule has 0 saturated carbocycles. The van der Waals surface area contributed by atoms with Gasteiger partial charge >= 0.3 is 6.18 Å². The largest absolute Gasteiger partial charge is 0.416 e. The third kappa shape index (κ3) is 2.12. The topological polar surface area (TPSA) is 46.2 Å². The van der Waals surface area contributed by atoms with Crippen LogP contribution in [0.15, 0.2) is 54.6 Å². The van der Waals surface area contributed by atoms with Gasteiger partial charge in [0.25, 0.3) is 0 Å². The van der Waals surface area contributed by atoms with Crippen LogP contribution in [0.25, 0.3) is 32.3 Å². The summed E-state index contributed by atoms with van der Waals surface area (Å²) in [5, 5.41) is 15.1. The van der Waals surface area contributed by atoms with Gasteiger partial charge in [-0.25, -0.2) is 0 Å². The smallest absolute Gasteiger partial charge is 0.382 e. The van der Waals surface area contributed by atoms with Crippen molar-refractivity contribution in [2.75, 3.05) is 0 Å². The number of halogens is 3. The summed E-state index contributed by atoms with van der Waals surface area (Å²) in [4.78, 5) is 0.